The van der Waals surface area contributed by atoms with E-state index in [4.69, 9.17) is 5.73 Å². The van der Waals surface area contributed by atoms with Crippen LogP contribution in [0, 0.1) is 0 Å². The highest BCUT2D eigenvalue weighted by atomic mass is 32.2. The minimum absolute atomic E-state index is 0.235. The van der Waals surface area contributed by atoms with Crippen LogP contribution in [-0.4, -0.2) is 36.5 Å². The van der Waals surface area contributed by atoms with Crippen LogP contribution in [0.25, 0.3) is 0 Å². The first kappa shape index (κ1) is 16.3. The molecule has 1 unspecified atom stereocenters. The number of nitrogens with zero attached hydrogens (tertiary/aromatic N) is 1. The van der Waals surface area contributed by atoms with Crippen molar-refractivity contribution in [2.24, 2.45) is 0 Å². The summed E-state index contributed by atoms with van der Waals surface area (Å²) in [4.78, 5) is 0.235. The molecule has 1 aromatic carbocycles. The maximum atomic E-state index is 12.7. The molecule has 0 amide bonds. The van der Waals surface area contributed by atoms with Gasteiger partial charge in [0.15, 0.2) is 0 Å². The minimum Gasteiger partial charge on any atom is -0.398 e. The van der Waals surface area contributed by atoms with E-state index in [2.05, 4.69) is 0 Å². The number of hydrogen-bond acceptors (Lipinski definition) is 4. The van der Waals surface area contributed by atoms with Crippen molar-refractivity contribution in [3.63, 3.8) is 0 Å². The molecule has 2 rings (SSSR count). The van der Waals surface area contributed by atoms with E-state index in [9.17, 15) is 13.5 Å². The van der Waals surface area contributed by atoms with Crippen molar-refractivity contribution < 1.29 is 13.5 Å². The van der Waals surface area contributed by atoms with Crippen LogP contribution in [0.3, 0.4) is 0 Å². The molecule has 3 N–H and O–H groups in total. The lowest BCUT2D eigenvalue weighted by molar-refractivity contribution is 0.0465. The summed E-state index contributed by atoms with van der Waals surface area (Å²) in [7, 11) is -3.54. The normalized spacial score (nSPS) is 24.7. The number of aliphatic hydroxyl groups is 1. The fourth-order valence-electron chi connectivity index (χ4n) is 2.68. The second kappa shape index (κ2) is 5.94. The van der Waals surface area contributed by atoms with Gasteiger partial charge in [-0.3, -0.25) is 0 Å². The molecule has 1 heterocycles. The largest absolute Gasteiger partial charge is 0.398 e. The van der Waals surface area contributed by atoms with E-state index in [1.54, 1.807) is 19.1 Å². The summed E-state index contributed by atoms with van der Waals surface area (Å²) >= 11 is 0. The average Bonchev–Trinajstić information content (AvgIpc) is 2.60. The lowest BCUT2D eigenvalue weighted by Crippen LogP contribution is -2.33. The molecular formula is C15H24N2O3S. The molecular weight excluding hydrogens is 288 g/mol. The third-order valence-corrected chi connectivity index (χ3v) is 6.05. The van der Waals surface area contributed by atoms with Crippen LogP contribution in [0.2, 0.25) is 0 Å². The predicted molar refractivity (Wildman–Crippen MR) is 83.5 cm³/mol. The quantitative estimate of drug-likeness (QED) is 0.833. The van der Waals surface area contributed by atoms with Crippen molar-refractivity contribution in [1.82, 2.24) is 4.31 Å². The first-order chi connectivity index (χ1) is 9.76. The van der Waals surface area contributed by atoms with Crippen molar-refractivity contribution in [2.75, 3.05) is 18.8 Å². The number of aryl methyl sites for hydroxylation is 1. The molecule has 0 aliphatic carbocycles. The van der Waals surface area contributed by atoms with Gasteiger partial charge in [-0.2, -0.15) is 4.31 Å². The van der Waals surface area contributed by atoms with Gasteiger partial charge in [0.1, 0.15) is 0 Å². The van der Waals surface area contributed by atoms with Crippen molar-refractivity contribution in [2.45, 2.75) is 50.0 Å². The van der Waals surface area contributed by atoms with Gasteiger partial charge in [0.2, 0.25) is 10.0 Å². The Labute approximate surface area is 126 Å². The molecule has 0 spiro atoms. The summed E-state index contributed by atoms with van der Waals surface area (Å²) in [6, 6.07) is 4.93. The first-order valence-corrected chi connectivity index (χ1v) is 8.81. The summed E-state index contributed by atoms with van der Waals surface area (Å²) in [5, 5.41) is 10.1. The summed E-state index contributed by atoms with van der Waals surface area (Å²) in [6.45, 7) is 4.52. The van der Waals surface area contributed by atoms with Crippen molar-refractivity contribution >= 4 is 15.7 Å². The topological polar surface area (TPSA) is 83.6 Å². The van der Waals surface area contributed by atoms with Crippen molar-refractivity contribution in [3.05, 3.63) is 23.8 Å². The summed E-state index contributed by atoms with van der Waals surface area (Å²) in [6.07, 6.45) is 2.51. The Bertz CT molecular complexity index is 611. The summed E-state index contributed by atoms with van der Waals surface area (Å²) < 4.78 is 26.8. The Morgan fingerprint density at radius 1 is 1.33 bits per heavy atom. The Morgan fingerprint density at radius 2 is 2.05 bits per heavy atom. The third kappa shape index (κ3) is 3.56. The summed E-state index contributed by atoms with van der Waals surface area (Å²) in [5.41, 5.74) is 6.59. The number of benzene rings is 1. The summed E-state index contributed by atoms with van der Waals surface area (Å²) in [5.74, 6) is 0. The molecule has 1 aliphatic rings. The van der Waals surface area contributed by atoms with Crippen LogP contribution in [0.1, 0.15) is 38.7 Å². The van der Waals surface area contributed by atoms with Gasteiger partial charge in [-0.15, -0.1) is 0 Å². The maximum absolute atomic E-state index is 12.7. The SMILES string of the molecule is CCc1ccc(S(=O)(=O)N2CCCC(C)(O)CC2)cc1N. The minimum atomic E-state index is -3.54. The van der Waals surface area contributed by atoms with E-state index in [0.717, 1.165) is 12.0 Å². The van der Waals surface area contributed by atoms with Gasteiger partial charge in [0.25, 0.3) is 0 Å². The average molecular weight is 312 g/mol. The zero-order valence-electron chi connectivity index (χ0n) is 12.7. The van der Waals surface area contributed by atoms with Gasteiger partial charge < -0.3 is 10.8 Å². The Morgan fingerprint density at radius 3 is 2.67 bits per heavy atom. The fraction of sp³-hybridized carbons (Fsp3) is 0.600. The molecule has 118 valence electrons. The smallest absolute Gasteiger partial charge is 0.243 e. The van der Waals surface area contributed by atoms with Crippen molar-refractivity contribution in [1.29, 1.82) is 0 Å². The highest BCUT2D eigenvalue weighted by Crippen LogP contribution is 2.27. The standard InChI is InChI=1S/C15H24N2O3S/c1-3-12-5-6-13(11-14(12)16)21(19,20)17-9-4-7-15(2,18)8-10-17/h5-6,11,18H,3-4,7-10,16H2,1-2H3. The van der Waals surface area contributed by atoms with Gasteiger partial charge in [0.05, 0.1) is 10.5 Å². The molecule has 1 atom stereocenters. The number of rotatable bonds is 3. The molecule has 1 aliphatic heterocycles. The Kier molecular flexibility index (Phi) is 4.60. The van der Waals surface area contributed by atoms with Crippen LogP contribution in [0.4, 0.5) is 5.69 Å². The number of sulfonamides is 1. The van der Waals surface area contributed by atoms with Gasteiger partial charge in [-0.1, -0.05) is 13.0 Å². The molecule has 0 radical (unpaired) electrons. The van der Waals surface area contributed by atoms with Gasteiger partial charge in [-0.05, 0) is 50.3 Å². The number of nitrogen functional groups attached to an aromatic ring is 1. The highest BCUT2D eigenvalue weighted by Gasteiger charge is 2.31. The Hall–Kier alpha value is -1.11. The molecule has 0 aromatic heterocycles. The monoisotopic (exact) mass is 312 g/mol. The zero-order valence-corrected chi connectivity index (χ0v) is 13.5. The number of anilines is 1. The van der Waals surface area contributed by atoms with Crippen LogP contribution in [0.15, 0.2) is 23.1 Å². The molecule has 0 bridgehead atoms. The van der Waals surface area contributed by atoms with Gasteiger partial charge >= 0.3 is 0 Å². The first-order valence-electron chi connectivity index (χ1n) is 7.37. The second-order valence-electron chi connectivity index (χ2n) is 5.97. The second-order valence-corrected chi connectivity index (χ2v) is 7.91. The van der Waals surface area contributed by atoms with E-state index in [0.29, 0.717) is 38.0 Å². The molecule has 0 saturated carbocycles. The molecule has 6 heteroatoms. The van der Waals surface area contributed by atoms with Crippen LogP contribution in [-0.2, 0) is 16.4 Å². The lowest BCUT2D eigenvalue weighted by atomic mass is 9.98. The van der Waals surface area contributed by atoms with Crippen LogP contribution >= 0.6 is 0 Å². The van der Waals surface area contributed by atoms with Gasteiger partial charge in [0, 0.05) is 18.8 Å². The van der Waals surface area contributed by atoms with Crippen LogP contribution < -0.4 is 5.73 Å². The lowest BCUT2D eigenvalue weighted by Gasteiger charge is -2.22. The van der Waals surface area contributed by atoms with Crippen molar-refractivity contribution in [3.8, 4) is 0 Å². The zero-order chi connectivity index (χ0) is 15.7. The van der Waals surface area contributed by atoms with E-state index in [1.807, 2.05) is 6.92 Å². The highest BCUT2D eigenvalue weighted by molar-refractivity contribution is 7.89. The third-order valence-electron chi connectivity index (χ3n) is 4.16. The molecule has 1 saturated heterocycles. The molecule has 5 nitrogen and oxygen atoms in total. The number of hydrogen-bond donors (Lipinski definition) is 2. The fourth-order valence-corrected chi connectivity index (χ4v) is 4.20. The molecule has 1 fully saturated rings. The Balaban J connectivity index is 2.27. The predicted octanol–water partition coefficient (Wildman–Crippen LogP) is 1.76. The number of nitrogens with two attached hydrogens (primary N) is 1. The van der Waals surface area contributed by atoms with Gasteiger partial charge in [-0.25, -0.2) is 8.42 Å². The molecule has 1 aromatic rings. The van der Waals surface area contributed by atoms with Crippen LogP contribution in [0.5, 0.6) is 0 Å². The van der Waals surface area contributed by atoms with E-state index in [-0.39, 0.29) is 4.90 Å². The van der Waals surface area contributed by atoms with E-state index < -0.39 is 15.6 Å². The van der Waals surface area contributed by atoms with E-state index >= 15 is 0 Å². The van der Waals surface area contributed by atoms with E-state index in [1.165, 1.54) is 10.4 Å². The maximum Gasteiger partial charge on any atom is 0.243 e. The molecule has 21 heavy (non-hydrogen) atoms.